The highest BCUT2D eigenvalue weighted by Gasteiger charge is 2.24. The Morgan fingerprint density at radius 2 is 1.88 bits per heavy atom. The molecule has 0 saturated heterocycles. The minimum absolute atomic E-state index is 0.150. The van der Waals surface area contributed by atoms with E-state index in [0.717, 1.165) is 12.0 Å². The number of alkyl carbamates (subject to hydrolysis) is 1. The number of ether oxygens (including phenoxy) is 2. The number of aliphatic carboxylic acids is 1. The van der Waals surface area contributed by atoms with Gasteiger partial charge in [0.05, 0.1) is 6.61 Å². The highest BCUT2D eigenvalue weighted by molar-refractivity contribution is 5.80. The van der Waals surface area contributed by atoms with Crippen LogP contribution in [0.25, 0.3) is 0 Å². The van der Waals surface area contributed by atoms with E-state index in [-0.39, 0.29) is 6.42 Å². The second-order valence-corrected chi connectivity index (χ2v) is 6.38. The second kappa shape index (κ2) is 9.12. The van der Waals surface area contributed by atoms with Crippen LogP contribution < -0.4 is 15.8 Å². The number of carboxylic acids is 1. The average Bonchev–Trinajstić information content (AvgIpc) is 2.46. The van der Waals surface area contributed by atoms with E-state index in [9.17, 15) is 14.7 Å². The van der Waals surface area contributed by atoms with Crippen molar-refractivity contribution >= 4 is 12.1 Å². The number of hydrogen-bond acceptors (Lipinski definition) is 5. The van der Waals surface area contributed by atoms with Crippen LogP contribution in [0, 0.1) is 0 Å². The van der Waals surface area contributed by atoms with E-state index in [0.29, 0.717) is 18.9 Å². The van der Waals surface area contributed by atoms with Crippen LogP contribution in [0.2, 0.25) is 0 Å². The van der Waals surface area contributed by atoms with Gasteiger partial charge in [-0.15, -0.1) is 0 Å². The minimum atomic E-state index is -1.12. The SMILES string of the molecule is CC(C)(C)OC(=O)N[C@@H](Cc1ccc(OCCCN)cc1)C(=O)O. The molecule has 0 aliphatic rings. The lowest BCUT2D eigenvalue weighted by Crippen LogP contribution is -2.44. The maximum atomic E-state index is 11.7. The van der Waals surface area contributed by atoms with Crippen molar-refractivity contribution in [2.75, 3.05) is 13.2 Å². The Morgan fingerprint density at radius 3 is 2.38 bits per heavy atom. The molecule has 0 radical (unpaired) electrons. The number of nitrogens with one attached hydrogen (secondary N) is 1. The zero-order valence-electron chi connectivity index (χ0n) is 14.4. The molecule has 4 N–H and O–H groups in total. The van der Waals surface area contributed by atoms with Gasteiger partial charge in [-0.2, -0.15) is 0 Å². The number of hydrogen-bond donors (Lipinski definition) is 3. The lowest BCUT2D eigenvalue weighted by Gasteiger charge is -2.22. The van der Waals surface area contributed by atoms with Gasteiger partial charge in [-0.05, 0) is 51.4 Å². The van der Waals surface area contributed by atoms with Gasteiger partial charge >= 0.3 is 12.1 Å². The highest BCUT2D eigenvalue weighted by Crippen LogP contribution is 2.14. The summed E-state index contributed by atoms with van der Waals surface area (Å²) in [6, 6.07) is 6.00. The number of carbonyl (C=O) groups excluding carboxylic acids is 1. The molecule has 1 rings (SSSR count). The largest absolute Gasteiger partial charge is 0.494 e. The summed E-state index contributed by atoms with van der Waals surface area (Å²) in [6.45, 7) is 6.24. The third kappa shape index (κ3) is 7.82. The van der Waals surface area contributed by atoms with Crippen LogP contribution >= 0.6 is 0 Å². The number of carboxylic acid groups (broad SMARTS) is 1. The standard InChI is InChI=1S/C17H26N2O5/c1-17(2,3)24-16(22)19-14(15(20)21)11-12-5-7-13(8-6-12)23-10-4-9-18/h5-8,14H,4,9-11,18H2,1-3H3,(H,19,22)(H,20,21)/t14-/m0/s1. The predicted octanol–water partition coefficient (Wildman–Crippen LogP) is 1.93. The van der Waals surface area contributed by atoms with E-state index in [1.807, 2.05) is 0 Å². The quantitative estimate of drug-likeness (QED) is 0.625. The number of carbonyl (C=O) groups is 2. The molecule has 0 aliphatic carbocycles. The first-order chi connectivity index (χ1) is 11.2. The average molecular weight is 338 g/mol. The van der Waals surface area contributed by atoms with Gasteiger partial charge in [-0.3, -0.25) is 0 Å². The van der Waals surface area contributed by atoms with E-state index in [1.54, 1.807) is 45.0 Å². The van der Waals surface area contributed by atoms with Gasteiger partial charge in [0.15, 0.2) is 0 Å². The summed E-state index contributed by atoms with van der Waals surface area (Å²) in [7, 11) is 0. The van der Waals surface area contributed by atoms with Crippen LogP contribution in [0.5, 0.6) is 5.75 Å². The third-order valence-electron chi connectivity index (χ3n) is 2.97. The van der Waals surface area contributed by atoms with Crippen molar-refractivity contribution in [3.63, 3.8) is 0 Å². The molecule has 0 spiro atoms. The van der Waals surface area contributed by atoms with Gasteiger partial charge in [-0.1, -0.05) is 12.1 Å². The fraction of sp³-hybridized carbons (Fsp3) is 0.529. The summed E-state index contributed by atoms with van der Waals surface area (Å²) >= 11 is 0. The predicted molar refractivity (Wildman–Crippen MR) is 90.1 cm³/mol. The first kappa shape index (κ1) is 19.8. The van der Waals surface area contributed by atoms with Crippen molar-refractivity contribution in [1.29, 1.82) is 0 Å². The zero-order valence-corrected chi connectivity index (χ0v) is 14.4. The van der Waals surface area contributed by atoms with Crippen molar-refractivity contribution in [2.24, 2.45) is 5.73 Å². The van der Waals surface area contributed by atoms with Crippen LogP contribution in [-0.4, -0.2) is 42.0 Å². The molecule has 1 amide bonds. The first-order valence-electron chi connectivity index (χ1n) is 7.85. The van der Waals surface area contributed by atoms with E-state index in [2.05, 4.69) is 5.32 Å². The van der Waals surface area contributed by atoms with E-state index in [1.165, 1.54) is 0 Å². The number of rotatable bonds is 8. The summed E-state index contributed by atoms with van der Waals surface area (Å²) in [6.07, 6.45) is 0.164. The fourth-order valence-corrected chi connectivity index (χ4v) is 1.88. The summed E-state index contributed by atoms with van der Waals surface area (Å²) in [5.41, 5.74) is 5.48. The van der Waals surface area contributed by atoms with Gasteiger partial charge in [0.2, 0.25) is 0 Å². The topological polar surface area (TPSA) is 111 Å². The van der Waals surface area contributed by atoms with Gasteiger partial charge < -0.3 is 25.6 Å². The zero-order chi connectivity index (χ0) is 18.2. The van der Waals surface area contributed by atoms with Crippen molar-refractivity contribution < 1.29 is 24.2 Å². The summed E-state index contributed by atoms with van der Waals surface area (Å²) < 4.78 is 10.6. The van der Waals surface area contributed by atoms with Gasteiger partial charge in [0.1, 0.15) is 17.4 Å². The van der Waals surface area contributed by atoms with Crippen LogP contribution in [0.15, 0.2) is 24.3 Å². The van der Waals surface area contributed by atoms with Crippen LogP contribution in [0.1, 0.15) is 32.8 Å². The molecule has 134 valence electrons. The maximum Gasteiger partial charge on any atom is 0.408 e. The van der Waals surface area contributed by atoms with Crippen molar-refractivity contribution in [3.05, 3.63) is 29.8 Å². The Bertz CT molecular complexity index is 537. The molecule has 0 heterocycles. The van der Waals surface area contributed by atoms with Crippen LogP contribution in [0.4, 0.5) is 4.79 Å². The summed E-state index contributed by atoms with van der Waals surface area (Å²) in [5.74, 6) is -0.427. The van der Waals surface area contributed by atoms with E-state index < -0.39 is 23.7 Å². The highest BCUT2D eigenvalue weighted by atomic mass is 16.6. The summed E-state index contributed by atoms with van der Waals surface area (Å²) in [4.78, 5) is 23.1. The third-order valence-corrected chi connectivity index (χ3v) is 2.97. The molecule has 7 heteroatoms. The fourth-order valence-electron chi connectivity index (χ4n) is 1.88. The molecule has 0 aliphatic heterocycles. The molecule has 1 atom stereocenters. The number of amides is 1. The smallest absolute Gasteiger partial charge is 0.408 e. The first-order valence-corrected chi connectivity index (χ1v) is 7.85. The van der Waals surface area contributed by atoms with Crippen LogP contribution in [-0.2, 0) is 16.0 Å². The minimum Gasteiger partial charge on any atom is -0.494 e. The molecule has 24 heavy (non-hydrogen) atoms. The molecule has 1 aromatic carbocycles. The molecule has 1 aromatic rings. The Labute approximate surface area is 142 Å². The van der Waals surface area contributed by atoms with Gasteiger partial charge in [0, 0.05) is 6.42 Å². The molecule has 0 saturated carbocycles. The lowest BCUT2D eigenvalue weighted by atomic mass is 10.1. The molecular formula is C17H26N2O5. The Morgan fingerprint density at radius 1 is 1.25 bits per heavy atom. The molecule has 0 fully saturated rings. The Kier molecular flexibility index (Phi) is 7.51. The number of nitrogens with two attached hydrogens (primary N) is 1. The molecule has 7 nitrogen and oxygen atoms in total. The number of benzene rings is 1. The lowest BCUT2D eigenvalue weighted by molar-refractivity contribution is -0.139. The second-order valence-electron chi connectivity index (χ2n) is 6.38. The normalized spacial score (nSPS) is 12.3. The molecule has 0 bridgehead atoms. The van der Waals surface area contributed by atoms with E-state index >= 15 is 0 Å². The monoisotopic (exact) mass is 338 g/mol. The van der Waals surface area contributed by atoms with Gasteiger partial charge in [-0.25, -0.2) is 9.59 Å². The van der Waals surface area contributed by atoms with Crippen molar-refractivity contribution in [3.8, 4) is 5.75 Å². The Balaban J connectivity index is 2.62. The van der Waals surface area contributed by atoms with Crippen LogP contribution in [0.3, 0.4) is 0 Å². The van der Waals surface area contributed by atoms with E-state index in [4.69, 9.17) is 15.2 Å². The Hall–Kier alpha value is -2.28. The van der Waals surface area contributed by atoms with Crippen molar-refractivity contribution in [2.45, 2.75) is 45.3 Å². The molecule has 0 unspecified atom stereocenters. The molecular weight excluding hydrogens is 312 g/mol. The van der Waals surface area contributed by atoms with Gasteiger partial charge in [0.25, 0.3) is 0 Å². The summed E-state index contributed by atoms with van der Waals surface area (Å²) in [5, 5.41) is 11.6. The molecule has 0 aromatic heterocycles. The maximum absolute atomic E-state index is 11.7. The van der Waals surface area contributed by atoms with Crippen molar-refractivity contribution in [1.82, 2.24) is 5.32 Å².